The van der Waals surface area contributed by atoms with E-state index in [1.165, 1.54) is 7.11 Å². The first kappa shape index (κ1) is 18.4. The molecule has 0 aliphatic carbocycles. The number of esters is 1. The number of methoxy groups -OCH3 is 1. The summed E-state index contributed by atoms with van der Waals surface area (Å²) in [6.07, 6.45) is 1.04. The molecule has 0 fully saturated rings. The highest BCUT2D eigenvalue weighted by Gasteiger charge is 2.17. The van der Waals surface area contributed by atoms with Crippen molar-refractivity contribution in [3.05, 3.63) is 41.3 Å². The lowest BCUT2D eigenvalue weighted by molar-refractivity contribution is 0.0591. The Kier molecular flexibility index (Phi) is 5.41. The first-order valence-electron chi connectivity index (χ1n) is 7.75. The van der Waals surface area contributed by atoms with Gasteiger partial charge in [-0.1, -0.05) is 6.07 Å². The van der Waals surface area contributed by atoms with Crippen molar-refractivity contribution in [3.8, 4) is 0 Å². The molecule has 0 unspecified atom stereocenters. The van der Waals surface area contributed by atoms with Crippen molar-refractivity contribution in [3.63, 3.8) is 0 Å². The molecule has 0 radical (unpaired) electrons. The number of anilines is 1. The van der Waals surface area contributed by atoms with Crippen LogP contribution in [0.15, 0.2) is 24.4 Å². The number of ether oxygens (including phenoxy) is 2. The fourth-order valence-electron chi connectivity index (χ4n) is 2.06. The fraction of sp³-hybridized carbons (Fsp3) is 0.412. The number of hydrogen-bond donors (Lipinski definition) is 1. The maximum absolute atomic E-state index is 11.8. The Morgan fingerprint density at radius 3 is 2.56 bits per heavy atom. The van der Waals surface area contributed by atoms with Gasteiger partial charge in [-0.3, -0.25) is 10.00 Å². The number of pyridine rings is 1. The lowest BCUT2D eigenvalue weighted by Gasteiger charge is -2.19. The lowest BCUT2D eigenvalue weighted by Crippen LogP contribution is -2.27. The minimum atomic E-state index is -0.575. The minimum Gasteiger partial charge on any atom is -0.464 e. The maximum atomic E-state index is 11.8. The van der Waals surface area contributed by atoms with Crippen molar-refractivity contribution in [1.29, 1.82) is 0 Å². The highest BCUT2D eigenvalue weighted by Crippen LogP contribution is 2.14. The standard InChI is InChI=1S/C17H22N4O4/c1-11-8-14(19-16(23)25-17(2,3)4)20-21(11)10-12-6-7-13(18-9-12)15(22)24-5/h6-9H,10H2,1-5H3,(H,19,20,23). The highest BCUT2D eigenvalue weighted by atomic mass is 16.6. The van der Waals surface area contributed by atoms with Crippen LogP contribution >= 0.6 is 0 Å². The Morgan fingerprint density at radius 2 is 2.00 bits per heavy atom. The summed E-state index contributed by atoms with van der Waals surface area (Å²) in [7, 11) is 1.31. The summed E-state index contributed by atoms with van der Waals surface area (Å²) in [6.45, 7) is 7.71. The number of nitrogens with one attached hydrogen (secondary N) is 1. The molecule has 8 heteroatoms. The molecule has 2 heterocycles. The largest absolute Gasteiger partial charge is 0.464 e. The average molecular weight is 346 g/mol. The quantitative estimate of drug-likeness (QED) is 0.855. The van der Waals surface area contributed by atoms with E-state index in [0.29, 0.717) is 12.4 Å². The van der Waals surface area contributed by atoms with Crippen LogP contribution in [0, 0.1) is 6.92 Å². The number of aromatic nitrogens is 3. The Hall–Kier alpha value is -2.90. The average Bonchev–Trinajstić information content (AvgIpc) is 2.84. The van der Waals surface area contributed by atoms with Crippen LogP contribution in [0.25, 0.3) is 0 Å². The normalized spacial score (nSPS) is 11.1. The van der Waals surface area contributed by atoms with Crippen LogP contribution in [0.1, 0.15) is 42.5 Å². The first-order chi connectivity index (χ1) is 11.7. The molecule has 0 saturated heterocycles. The van der Waals surface area contributed by atoms with Gasteiger partial charge in [0.2, 0.25) is 0 Å². The second-order valence-corrected chi connectivity index (χ2v) is 6.50. The summed E-state index contributed by atoms with van der Waals surface area (Å²) in [5, 5.41) is 6.94. The summed E-state index contributed by atoms with van der Waals surface area (Å²) < 4.78 is 11.5. The van der Waals surface area contributed by atoms with Crippen molar-refractivity contribution in [2.45, 2.75) is 39.8 Å². The zero-order valence-electron chi connectivity index (χ0n) is 15.0. The van der Waals surface area contributed by atoms with E-state index >= 15 is 0 Å². The summed E-state index contributed by atoms with van der Waals surface area (Å²) >= 11 is 0. The van der Waals surface area contributed by atoms with Gasteiger partial charge in [-0.25, -0.2) is 14.6 Å². The first-order valence-corrected chi connectivity index (χ1v) is 7.75. The summed E-state index contributed by atoms with van der Waals surface area (Å²) in [4.78, 5) is 27.3. The van der Waals surface area contributed by atoms with Gasteiger partial charge < -0.3 is 9.47 Å². The molecule has 0 aliphatic rings. The number of rotatable bonds is 4. The van der Waals surface area contributed by atoms with Crippen molar-refractivity contribution in [1.82, 2.24) is 14.8 Å². The third kappa shape index (κ3) is 5.30. The molecular formula is C17H22N4O4. The smallest absolute Gasteiger partial charge is 0.413 e. The van der Waals surface area contributed by atoms with E-state index in [1.807, 2.05) is 6.92 Å². The summed E-state index contributed by atoms with van der Waals surface area (Å²) in [5.41, 5.74) is 1.40. The zero-order chi connectivity index (χ0) is 18.6. The third-order valence-electron chi connectivity index (χ3n) is 3.16. The summed E-state index contributed by atoms with van der Waals surface area (Å²) in [5.74, 6) is -0.0726. The lowest BCUT2D eigenvalue weighted by atomic mass is 10.2. The van der Waals surface area contributed by atoms with E-state index in [1.54, 1.807) is 49.8 Å². The number of nitrogens with zero attached hydrogens (tertiary/aromatic N) is 3. The molecular weight excluding hydrogens is 324 g/mol. The number of aryl methyl sites for hydroxylation is 1. The molecule has 0 saturated carbocycles. The van der Waals surface area contributed by atoms with Gasteiger partial charge in [-0.05, 0) is 39.3 Å². The number of hydrogen-bond acceptors (Lipinski definition) is 6. The monoisotopic (exact) mass is 346 g/mol. The highest BCUT2D eigenvalue weighted by molar-refractivity contribution is 5.87. The number of carbonyl (C=O) groups excluding carboxylic acids is 2. The third-order valence-corrected chi connectivity index (χ3v) is 3.16. The van der Waals surface area contributed by atoms with Crippen molar-refractivity contribution < 1.29 is 19.1 Å². The van der Waals surface area contributed by atoms with E-state index in [9.17, 15) is 9.59 Å². The number of amides is 1. The van der Waals surface area contributed by atoms with E-state index in [-0.39, 0.29) is 5.69 Å². The van der Waals surface area contributed by atoms with Gasteiger partial charge in [0.1, 0.15) is 11.3 Å². The van der Waals surface area contributed by atoms with E-state index in [4.69, 9.17) is 4.74 Å². The molecule has 2 aromatic heterocycles. The van der Waals surface area contributed by atoms with Gasteiger partial charge in [0, 0.05) is 18.0 Å². The van der Waals surface area contributed by atoms with Crippen LogP contribution in [-0.4, -0.2) is 39.5 Å². The topological polar surface area (TPSA) is 95.3 Å². The minimum absolute atomic E-state index is 0.246. The van der Waals surface area contributed by atoms with E-state index < -0.39 is 17.7 Å². The summed E-state index contributed by atoms with van der Waals surface area (Å²) in [6, 6.07) is 5.13. The molecule has 0 spiro atoms. The maximum Gasteiger partial charge on any atom is 0.413 e. The van der Waals surface area contributed by atoms with Crippen molar-refractivity contribution in [2.75, 3.05) is 12.4 Å². The Morgan fingerprint density at radius 1 is 1.28 bits per heavy atom. The molecule has 1 amide bonds. The predicted molar refractivity (Wildman–Crippen MR) is 91.5 cm³/mol. The van der Waals surface area contributed by atoms with Gasteiger partial charge in [0.05, 0.1) is 13.7 Å². The fourth-order valence-corrected chi connectivity index (χ4v) is 2.06. The zero-order valence-corrected chi connectivity index (χ0v) is 15.0. The van der Waals surface area contributed by atoms with Crippen molar-refractivity contribution >= 4 is 17.9 Å². The van der Waals surface area contributed by atoms with Crippen LogP contribution < -0.4 is 5.32 Å². The van der Waals surface area contributed by atoms with Crippen LogP contribution in [0.4, 0.5) is 10.6 Å². The molecule has 2 aromatic rings. The molecule has 134 valence electrons. The van der Waals surface area contributed by atoms with Crippen LogP contribution in [0.2, 0.25) is 0 Å². The van der Waals surface area contributed by atoms with Crippen LogP contribution in [0.5, 0.6) is 0 Å². The SMILES string of the molecule is COC(=O)c1ccc(Cn2nc(NC(=O)OC(C)(C)C)cc2C)cn1. The predicted octanol–water partition coefficient (Wildman–Crippen LogP) is 2.77. The molecule has 25 heavy (non-hydrogen) atoms. The van der Waals surface area contributed by atoms with Gasteiger partial charge in [-0.15, -0.1) is 0 Å². The second kappa shape index (κ2) is 7.33. The Labute approximate surface area is 146 Å². The molecule has 2 rings (SSSR count). The molecule has 0 atom stereocenters. The second-order valence-electron chi connectivity index (χ2n) is 6.50. The van der Waals surface area contributed by atoms with E-state index in [0.717, 1.165) is 11.3 Å². The van der Waals surface area contributed by atoms with Crippen LogP contribution in [0.3, 0.4) is 0 Å². The molecule has 0 bridgehead atoms. The Bertz CT molecular complexity index is 760. The van der Waals surface area contributed by atoms with Crippen LogP contribution in [-0.2, 0) is 16.0 Å². The van der Waals surface area contributed by atoms with Gasteiger partial charge in [-0.2, -0.15) is 5.10 Å². The Balaban J connectivity index is 2.05. The molecule has 1 N–H and O–H groups in total. The molecule has 0 aromatic carbocycles. The van der Waals surface area contributed by atoms with E-state index in [2.05, 4.69) is 20.1 Å². The van der Waals surface area contributed by atoms with Crippen molar-refractivity contribution in [2.24, 2.45) is 0 Å². The number of carbonyl (C=O) groups is 2. The van der Waals surface area contributed by atoms with Gasteiger partial charge in [0.25, 0.3) is 0 Å². The van der Waals surface area contributed by atoms with Gasteiger partial charge in [0.15, 0.2) is 5.82 Å². The van der Waals surface area contributed by atoms with Gasteiger partial charge >= 0.3 is 12.1 Å². The molecule has 8 nitrogen and oxygen atoms in total. The molecule has 0 aliphatic heterocycles.